The van der Waals surface area contributed by atoms with Gasteiger partial charge < -0.3 is 9.14 Å². The average molecular weight is 315 g/mol. The minimum absolute atomic E-state index is 0.169. The topological polar surface area (TPSA) is 26.5 Å². The number of halogens is 1. The minimum Gasteiger partial charge on any atom is -0.491 e. The monoisotopic (exact) mass is 314 g/mol. The van der Waals surface area contributed by atoms with Gasteiger partial charge in [0.25, 0.3) is 0 Å². The van der Waals surface area contributed by atoms with Crippen molar-refractivity contribution in [2.24, 2.45) is 0 Å². The van der Waals surface area contributed by atoms with Gasteiger partial charge in [-0.05, 0) is 56.7 Å². The van der Waals surface area contributed by atoms with E-state index in [-0.39, 0.29) is 6.10 Å². The van der Waals surface area contributed by atoms with E-state index in [2.05, 4.69) is 23.6 Å². The molecule has 0 amide bonds. The smallest absolute Gasteiger partial charge is 0.137 e. The zero-order valence-corrected chi connectivity index (χ0v) is 13.8. The number of nitrogens with zero attached hydrogens (tertiary/aromatic N) is 2. The Balaban J connectivity index is 2.05. The predicted molar refractivity (Wildman–Crippen MR) is 90.7 cm³/mol. The molecule has 114 valence electrons. The molecule has 0 unspecified atom stereocenters. The fraction of sp³-hybridized carbons (Fsp3) is 0.278. The van der Waals surface area contributed by atoms with E-state index in [1.54, 1.807) is 0 Å². The van der Waals surface area contributed by atoms with Crippen LogP contribution in [-0.2, 0) is 5.88 Å². The zero-order valence-electron chi connectivity index (χ0n) is 13.0. The molecule has 0 saturated carbocycles. The first-order valence-electron chi connectivity index (χ1n) is 7.39. The van der Waals surface area contributed by atoms with Gasteiger partial charge in [0.1, 0.15) is 11.4 Å². The van der Waals surface area contributed by atoms with Gasteiger partial charge in [0, 0.05) is 11.8 Å². The van der Waals surface area contributed by atoms with Gasteiger partial charge in [-0.2, -0.15) is 0 Å². The first-order valence-corrected chi connectivity index (χ1v) is 7.92. The lowest BCUT2D eigenvalue weighted by Gasteiger charge is -2.10. The second-order valence-electron chi connectivity index (χ2n) is 5.67. The number of aryl methyl sites for hydroxylation is 1. The molecule has 0 atom stereocenters. The van der Waals surface area contributed by atoms with Gasteiger partial charge in [-0.3, -0.25) is 0 Å². The van der Waals surface area contributed by atoms with Crippen molar-refractivity contribution in [2.75, 3.05) is 0 Å². The summed E-state index contributed by atoms with van der Waals surface area (Å²) in [6.07, 6.45) is 2.24. The van der Waals surface area contributed by atoms with Crippen molar-refractivity contribution in [1.29, 1.82) is 0 Å². The maximum atomic E-state index is 6.17. The minimum atomic E-state index is 0.169. The molecule has 0 aliphatic rings. The number of aromatic nitrogens is 2. The molecule has 0 aliphatic heterocycles. The largest absolute Gasteiger partial charge is 0.491 e. The number of ether oxygens (including phenoxy) is 1. The normalized spacial score (nSPS) is 11.3. The molecule has 0 fully saturated rings. The van der Waals surface area contributed by atoms with Crippen LogP contribution in [0.25, 0.3) is 16.9 Å². The van der Waals surface area contributed by atoms with Crippen molar-refractivity contribution in [1.82, 2.24) is 9.38 Å². The molecule has 0 aliphatic carbocycles. The van der Waals surface area contributed by atoms with Gasteiger partial charge in [0.15, 0.2) is 0 Å². The summed E-state index contributed by atoms with van der Waals surface area (Å²) in [6.45, 7) is 6.10. The summed E-state index contributed by atoms with van der Waals surface area (Å²) >= 11 is 6.17. The third kappa shape index (κ3) is 2.81. The first-order chi connectivity index (χ1) is 10.6. The Morgan fingerprint density at radius 2 is 1.86 bits per heavy atom. The van der Waals surface area contributed by atoms with Crippen LogP contribution < -0.4 is 4.74 Å². The van der Waals surface area contributed by atoms with E-state index in [0.717, 1.165) is 28.3 Å². The van der Waals surface area contributed by atoms with Crippen LogP contribution in [0.1, 0.15) is 25.1 Å². The summed E-state index contributed by atoms with van der Waals surface area (Å²) in [5.74, 6) is 1.29. The fourth-order valence-corrected chi connectivity index (χ4v) is 2.78. The highest BCUT2D eigenvalue weighted by molar-refractivity contribution is 6.17. The number of hydrogen-bond donors (Lipinski definition) is 0. The molecule has 1 aromatic carbocycles. The van der Waals surface area contributed by atoms with E-state index in [0.29, 0.717) is 5.88 Å². The molecule has 22 heavy (non-hydrogen) atoms. The quantitative estimate of drug-likeness (QED) is 0.644. The Morgan fingerprint density at radius 3 is 2.50 bits per heavy atom. The standard InChI is InChI=1S/C18H19ClN2O/c1-12(2)22-15-7-5-14(6-8-15)18-16(10-19)21-11-13(3)4-9-17(21)20-18/h4-9,11-12H,10H2,1-3H3. The number of alkyl halides is 1. The lowest BCUT2D eigenvalue weighted by atomic mass is 10.1. The van der Waals surface area contributed by atoms with Crippen LogP contribution in [0.15, 0.2) is 42.6 Å². The molecule has 3 aromatic rings. The van der Waals surface area contributed by atoms with Crippen molar-refractivity contribution in [3.8, 4) is 17.0 Å². The maximum Gasteiger partial charge on any atom is 0.137 e. The summed E-state index contributed by atoms with van der Waals surface area (Å²) in [6, 6.07) is 12.1. The summed E-state index contributed by atoms with van der Waals surface area (Å²) in [4.78, 5) is 4.72. The van der Waals surface area contributed by atoms with E-state index >= 15 is 0 Å². The highest BCUT2D eigenvalue weighted by atomic mass is 35.5. The van der Waals surface area contributed by atoms with Crippen LogP contribution in [-0.4, -0.2) is 15.5 Å². The highest BCUT2D eigenvalue weighted by Gasteiger charge is 2.13. The van der Waals surface area contributed by atoms with Crippen molar-refractivity contribution < 1.29 is 4.74 Å². The molecular weight excluding hydrogens is 296 g/mol. The number of rotatable bonds is 4. The molecule has 4 heteroatoms. The molecule has 2 heterocycles. The van der Waals surface area contributed by atoms with E-state index in [4.69, 9.17) is 21.3 Å². The third-order valence-corrected chi connectivity index (χ3v) is 3.74. The summed E-state index contributed by atoms with van der Waals surface area (Å²) < 4.78 is 7.75. The molecule has 0 radical (unpaired) electrons. The Bertz CT molecular complexity index is 791. The number of hydrogen-bond acceptors (Lipinski definition) is 2. The predicted octanol–water partition coefficient (Wildman–Crippen LogP) is 4.84. The van der Waals surface area contributed by atoms with Gasteiger partial charge in [-0.15, -0.1) is 11.6 Å². The molecule has 3 rings (SSSR count). The molecule has 0 saturated heterocycles. The number of imidazole rings is 1. The molecule has 0 N–H and O–H groups in total. The van der Waals surface area contributed by atoms with E-state index in [1.807, 2.05) is 44.2 Å². The van der Waals surface area contributed by atoms with Crippen LogP contribution in [0.3, 0.4) is 0 Å². The van der Waals surface area contributed by atoms with E-state index in [1.165, 1.54) is 5.56 Å². The van der Waals surface area contributed by atoms with Gasteiger partial charge in [0.2, 0.25) is 0 Å². The van der Waals surface area contributed by atoms with Crippen molar-refractivity contribution >= 4 is 17.2 Å². The van der Waals surface area contributed by atoms with E-state index in [9.17, 15) is 0 Å². The van der Waals surface area contributed by atoms with Crippen molar-refractivity contribution in [3.63, 3.8) is 0 Å². The van der Waals surface area contributed by atoms with Crippen molar-refractivity contribution in [2.45, 2.75) is 32.8 Å². The molecule has 2 aromatic heterocycles. The van der Waals surface area contributed by atoms with Crippen LogP contribution in [0, 0.1) is 6.92 Å². The molecule has 0 bridgehead atoms. The number of pyridine rings is 1. The van der Waals surface area contributed by atoms with Crippen molar-refractivity contribution in [3.05, 3.63) is 53.9 Å². The number of fused-ring (bicyclic) bond motifs is 1. The summed E-state index contributed by atoms with van der Waals surface area (Å²) in [7, 11) is 0. The lowest BCUT2D eigenvalue weighted by Crippen LogP contribution is -2.05. The lowest BCUT2D eigenvalue weighted by molar-refractivity contribution is 0.242. The summed E-state index contributed by atoms with van der Waals surface area (Å²) in [5, 5.41) is 0. The summed E-state index contributed by atoms with van der Waals surface area (Å²) in [5.41, 5.74) is 5.09. The Labute approximate surface area is 135 Å². The Morgan fingerprint density at radius 1 is 1.14 bits per heavy atom. The first kappa shape index (κ1) is 14.9. The van der Waals surface area contributed by atoms with Gasteiger partial charge in [-0.25, -0.2) is 4.98 Å². The molecule has 0 spiro atoms. The zero-order chi connectivity index (χ0) is 15.7. The van der Waals surface area contributed by atoms with E-state index < -0.39 is 0 Å². The molecular formula is C18H19ClN2O. The third-order valence-electron chi connectivity index (χ3n) is 3.49. The molecule has 3 nitrogen and oxygen atoms in total. The number of benzene rings is 1. The SMILES string of the molecule is Cc1ccc2nc(-c3ccc(OC(C)C)cc3)c(CCl)n2c1. The van der Waals surface area contributed by atoms with Crippen LogP contribution >= 0.6 is 11.6 Å². The van der Waals surface area contributed by atoms with Crippen LogP contribution in [0.2, 0.25) is 0 Å². The second-order valence-corrected chi connectivity index (χ2v) is 5.93. The average Bonchev–Trinajstić information content (AvgIpc) is 2.85. The van der Waals surface area contributed by atoms with Crippen LogP contribution in [0.4, 0.5) is 0 Å². The van der Waals surface area contributed by atoms with Crippen LogP contribution in [0.5, 0.6) is 5.75 Å². The fourth-order valence-electron chi connectivity index (χ4n) is 2.52. The van der Waals surface area contributed by atoms with Gasteiger partial charge >= 0.3 is 0 Å². The highest BCUT2D eigenvalue weighted by Crippen LogP contribution is 2.28. The second kappa shape index (κ2) is 6.01. The Hall–Kier alpha value is -2.00. The maximum absolute atomic E-state index is 6.17. The van der Waals surface area contributed by atoms with Gasteiger partial charge in [0.05, 0.1) is 23.4 Å². The Kier molecular flexibility index (Phi) is 4.08. The van der Waals surface area contributed by atoms with Gasteiger partial charge in [-0.1, -0.05) is 6.07 Å².